The third kappa shape index (κ3) is 3.62. The first-order valence-electron chi connectivity index (χ1n) is 6.55. The Balaban J connectivity index is 2.11. The highest BCUT2D eigenvalue weighted by Crippen LogP contribution is 2.19. The Hall–Kier alpha value is -2.76. The van der Waals surface area contributed by atoms with Gasteiger partial charge >= 0.3 is 12.0 Å². The number of carboxylic acids is 1. The summed E-state index contributed by atoms with van der Waals surface area (Å²) in [5.74, 6) is -1.07. The van der Waals surface area contributed by atoms with Crippen LogP contribution in [0.15, 0.2) is 43.1 Å². The average Bonchev–Trinajstić information content (AvgIpc) is 2.87. The third-order valence-electron chi connectivity index (χ3n) is 3.11. The Morgan fingerprint density at radius 3 is 2.86 bits per heavy atom. The number of aromatic amines is 1. The minimum absolute atomic E-state index is 0.209. The molecular weight excluding hydrogens is 270 g/mol. The van der Waals surface area contributed by atoms with Crippen LogP contribution in [-0.4, -0.2) is 34.7 Å². The first kappa shape index (κ1) is 14.6. The van der Waals surface area contributed by atoms with Crippen molar-refractivity contribution in [1.82, 2.24) is 15.6 Å². The van der Waals surface area contributed by atoms with E-state index >= 15 is 0 Å². The van der Waals surface area contributed by atoms with Crippen LogP contribution in [0.1, 0.15) is 5.56 Å². The fourth-order valence-electron chi connectivity index (χ4n) is 2.09. The van der Waals surface area contributed by atoms with Gasteiger partial charge < -0.3 is 20.7 Å². The van der Waals surface area contributed by atoms with Gasteiger partial charge in [-0.2, -0.15) is 0 Å². The normalized spacial score (nSPS) is 11.8. The maximum absolute atomic E-state index is 11.6. The zero-order valence-electron chi connectivity index (χ0n) is 11.4. The number of H-pyrrole nitrogens is 1. The molecule has 110 valence electrons. The zero-order chi connectivity index (χ0) is 15.2. The van der Waals surface area contributed by atoms with Crippen molar-refractivity contribution in [2.24, 2.45) is 0 Å². The molecule has 0 spiro atoms. The lowest BCUT2D eigenvalue weighted by Gasteiger charge is -2.14. The second-order valence-corrected chi connectivity index (χ2v) is 4.60. The van der Waals surface area contributed by atoms with E-state index in [0.29, 0.717) is 0 Å². The van der Waals surface area contributed by atoms with Crippen molar-refractivity contribution >= 4 is 22.9 Å². The summed E-state index contributed by atoms with van der Waals surface area (Å²) >= 11 is 0. The molecule has 1 atom stereocenters. The van der Waals surface area contributed by atoms with Gasteiger partial charge in [0.2, 0.25) is 0 Å². The summed E-state index contributed by atoms with van der Waals surface area (Å²) < 4.78 is 0. The van der Waals surface area contributed by atoms with Gasteiger partial charge in [-0.25, -0.2) is 9.59 Å². The fraction of sp³-hybridized carbons (Fsp3) is 0.200. The van der Waals surface area contributed by atoms with Crippen LogP contribution in [0, 0.1) is 0 Å². The molecule has 6 heteroatoms. The van der Waals surface area contributed by atoms with Crippen molar-refractivity contribution in [1.29, 1.82) is 0 Å². The van der Waals surface area contributed by atoms with E-state index in [0.717, 1.165) is 16.5 Å². The number of carbonyl (C=O) groups excluding carboxylic acids is 1. The molecule has 0 aliphatic heterocycles. The van der Waals surface area contributed by atoms with E-state index in [9.17, 15) is 14.7 Å². The predicted molar refractivity (Wildman–Crippen MR) is 80.2 cm³/mol. The topological polar surface area (TPSA) is 94.2 Å². The molecule has 1 aromatic carbocycles. The Labute approximate surface area is 121 Å². The molecule has 0 saturated carbocycles. The van der Waals surface area contributed by atoms with E-state index in [-0.39, 0.29) is 13.0 Å². The third-order valence-corrected chi connectivity index (χ3v) is 3.11. The molecule has 0 radical (unpaired) electrons. The molecular formula is C15H17N3O3. The van der Waals surface area contributed by atoms with Crippen LogP contribution in [0.25, 0.3) is 10.9 Å². The van der Waals surface area contributed by atoms with Crippen LogP contribution < -0.4 is 10.6 Å². The molecule has 0 aliphatic rings. The molecule has 0 fully saturated rings. The van der Waals surface area contributed by atoms with Crippen LogP contribution in [0.4, 0.5) is 4.79 Å². The van der Waals surface area contributed by atoms with E-state index in [1.54, 1.807) is 6.20 Å². The standard InChI is InChI=1S/C15H17N3O3/c1-2-7-16-15(21)18-13(14(19)20)8-10-9-17-12-6-4-3-5-11(10)12/h2-6,9,13,17H,1,7-8H2,(H,19,20)(H2,16,18,21)/t13-/m1/s1. The van der Waals surface area contributed by atoms with E-state index in [2.05, 4.69) is 22.2 Å². The summed E-state index contributed by atoms with van der Waals surface area (Å²) in [5.41, 5.74) is 1.79. The highest BCUT2D eigenvalue weighted by atomic mass is 16.4. The number of carbonyl (C=O) groups is 2. The summed E-state index contributed by atoms with van der Waals surface area (Å²) in [6, 6.07) is 6.10. The van der Waals surface area contributed by atoms with Gasteiger partial charge in [0.15, 0.2) is 0 Å². The Kier molecular flexibility index (Phi) is 4.61. The van der Waals surface area contributed by atoms with Crippen molar-refractivity contribution in [2.45, 2.75) is 12.5 Å². The van der Waals surface area contributed by atoms with E-state index in [4.69, 9.17) is 0 Å². The number of hydrogen-bond donors (Lipinski definition) is 4. The van der Waals surface area contributed by atoms with Crippen LogP contribution >= 0.6 is 0 Å². The molecule has 4 N–H and O–H groups in total. The molecule has 0 saturated heterocycles. The number of aliphatic carboxylic acids is 1. The summed E-state index contributed by atoms with van der Waals surface area (Å²) in [5, 5.41) is 15.1. The Morgan fingerprint density at radius 2 is 2.14 bits per heavy atom. The lowest BCUT2D eigenvalue weighted by atomic mass is 10.1. The van der Waals surface area contributed by atoms with Crippen LogP contribution in [0.5, 0.6) is 0 Å². The maximum atomic E-state index is 11.6. The highest BCUT2D eigenvalue weighted by Gasteiger charge is 2.21. The predicted octanol–water partition coefficient (Wildman–Crippen LogP) is 1.65. The number of rotatable bonds is 6. The van der Waals surface area contributed by atoms with Gasteiger partial charge in [-0.15, -0.1) is 6.58 Å². The van der Waals surface area contributed by atoms with Crippen molar-refractivity contribution < 1.29 is 14.7 Å². The Bertz CT molecular complexity index is 663. The number of amides is 2. The SMILES string of the molecule is C=CCNC(=O)N[C@H](Cc1c[nH]c2ccccc12)C(=O)O. The quantitative estimate of drug-likeness (QED) is 0.608. The smallest absolute Gasteiger partial charge is 0.326 e. The second-order valence-electron chi connectivity index (χ2n) is 4.60. The fourth-order valence-corrected chi connectivity index (χ4v) is 2.09. The number of urea groups is 1. The number of para-hydroxylation sites is 1. The summed E-state index contributed by atoms with van der Waals surface area (Å²) in [6.07, 6.45) is 3.50. The van der Waals surface area contributed by atoms with Gasteiger partial charge in [0, 0.05) is 30.1 Å². The van der Waals surface area contributed by atoms with Gasteiger partial charge in [-0.05, 0) is 11.6 Å². The molecule has 6 nitrogen and oxygen atoms in total. The van der Waals surface area contributed by atoms with E-state index in [1.807, 2.05) is 24.3 Å². The summed E-state index contributed by atoms with van der Waals surface area (Å²) in [6.45, 7) is 3.76. The second kappa shape index (κ2) is 6.60. The number of carboxylic acid groups (broad SMARTS) is 1. The van der Waals surface area contributed by atoms with Crippen molar-refractivity contribution in [2.75, 3.05) is 6.54 Å². The van der Waals surface area contributed by atoms with Gasteiger partial charge in [0.05, 0.1) is 0 Å². The van der Waals surface area contributed by atoms with Gasteiger partial charge in [-0.1, -0.05) is 24.3 Å². The Morgan fingerprint density at radius 1 is 1.38 bits per heavy atom. The maximum Gasteiger partial charge on any atom is 0.326 e. The van der Waals surface area contributed by atoms with Gasteiger partial charge in [-0.3, -0.25) is 0 Å². The molecule has 0 unspecified atom stereocenters. The summed E-state index contributed by atoms with van der Waals surface area (Å²) in [7, 11) is 0. The number of aromatic nitrogens is 1. The minimum atomic E-state index is -1.07. The molecule has 2 aromatic rings. The summed E-state index contributed by atoms with van der Waals surface area (Å²) in [4.78, 5) is 26.0. The number of hydrogen-bond acceptors (Lipinski definition) is 2. The first-order chi connectivity index (χ1) is 10.1. The minimum Gasteiger partial charge on any atom is -0.480 e. The van der Waals surface area contributed by atoms with Crippen LogP contribution in [0.3, 0.4) is 0 Å². The number of nitrogens with one attached hydrogen (secondary N) is 3. The van der Waals surface area contributed by atoms with Crippen molar-refractivity contribution in [3.63, 3.8) is 0 Å². The van der Waals surface area contributed by atoms with Gasteiger partial charge in [0.25, 0.3) is 0 Å². The van der Waals surface area contributed by atoms with E-state index in [1.165, 1.54) is 6.08 Å². The van der Waals surface area contributed by atoms with Crippen LogP contribution in [0.2, 0.25) is 0 Å². The monoisotopic (exact) mass is 287 g/mol. The molecule has 0 bridgehead atoms. The molecule has 2 amide bonds. The lowest BCUT2D eigenvalue weighted by molar-refractivity contribution is -0.139. The van der Waals surface area contributed by atoms with E-state index < -0.39 is 18.0 Å². The molecule has 21 heavy (non-hydrogen) atoms. The number of benzene rings is 1. The average molecular weight is 287 g/mol. The zero-order valence-corrected chi connectivity index (χ0v) is 11.4. The number of fused-ring (bicyclic) bond motifs is 1. The largest absolute Gasteiger partial charge is 0.480 e. The molecule has 2 rings (SSSR count). The first-order valence-corrected chi connectivity index (χ1v) is 6.55. The molecule has 0 aliphatic carbocycles. The van der Waals surface area contributed by atoms with Crippen LogP contribution in [-0.2, 0) is 11.2 Å². The van der Waals surface area contributed by atoms with Crippen molar-refractivity contribution in [3.05, 3.63) is 48.7 Å². The molecule has 1 heterocycles. The lowest BCUT2D eigenvalue weighted by Crippen LogP contribution is -2.47. The van der Waals surface area contributed by atoms with Crippen molar-refractivity contribution in [3.8, 4) is 0 Å². The molecule has 1 aromatic heterocycles. The van der Waals surface area contributed by atoms with Gasteiger partial charge in [0.1, 0.15) is 6.04 Å². The highest BCUT2D eigenvalue weighted by molar-refractivity contribution is 5.86.